The molecule has 1 saturated heterocycles. The normalized spacial score (nSPS) is 16.6. The first-order valence-corrected chi connectivity index (χ1v) is 12.3. The van der Waals surface area contributed by atoms with E-state index in [0.717, 1.165) is 38.1 Å². The molecule has 170 valence electrons. The van der Waals surface area contributed by atoms with E-state index < -0.39 is 0 Å². The molecule has 0 bridgehead atoms. The fraction of sp³-hybridized carbons (Fsp3) is 0.917. The fourth-order valence-electron chi connectivity index (χ4n) is 4.21. The molecule has 1 aliphatic rings. The van der Waals surface area contributed by atoms with Crippen molar-refractivity contribution in [2.75, 3.05) is 19.6 Å². The van der Waals surface area contributed by atoms with Crippen molar-refractivity contribution in [3.63, 3.8) is 0 Å². The molecule has 1 heterocycles. The molecule has 3 N–H and O–H groups in total. The highest BCUT2D eigenvalue weighted by Gasteiger charge is 2.33. The van der Waals surface area contributed by atoms with Crippen LogP contribution in [0.25, 0.3) is 0 Å². The van der Waals surface area contributed by atoms with Crippen molar-refractivity contribution in [1.82, 2.24) is 10.2 Å². The summed E-state index contributed by atoms with van der Waals surface area (Å²) < 4.78 is 0. The first-order valence-electron chi connectivity index (χ1n) is 12.3. The van der Waals surface area contributed by atoms with Gasteiger partial charge in [-0.05, 0) is 25.2 Å². The average molecular weight is 410 g/mol. The molecule has 0 radical (unpaired) electrons. The van der Waals surface area contributed by atoms with E-state index in [4.69, 9.17) is 5.73 Å². The maximum Gasteiger partial charge on any atom is 0.242 e. The largest absolute Gasteiger partial charge is 0.353 e. The number of carbonyl (C=O) groups is 2. The molecule has 1 rings (SSSR count). The van der Waals surface area contributed by atoms with Gasteiger partial charge in [0.2, 0.25) is 11.8 Å². The van der Waals surface area contributed by atoms with Gasteiger partial charge in [0.05, 0.1) is 0 Å². The maximum atomic E-state index is 12.5. The topological polar surface area (TPSA) is 75.4 Å². The van der Waals surface area contributed by atoms with E-state index in [0.29, 0.717) is 19.5 Å². The van der Waals surface area contributed by atoms with Gasteiger partial charge in [0, 0.05) is 26.1 Å². The standard InChI is InChI=1S/C24H47N3O2/c1-21(2)15-12-10-8-6-4-3-5-7-9-11-13-17-23(28)27-20-14-16-22(27)24(29)26-19-18-25/h21-22H,3-20,25H2,1-2H3,(H,26,29). The van der Waals surface area contributed by atoms with E-state index >= 15 is 0 Å². The van der Waals surface area contributed by atoms with Crippen LogP contribution in [0.4, 0.5) is 0 Å². The Kier molecular flexibility index (Phi) is 14.9. The molecule has 5 heteroatoms. The van der Waals surface area contributed by atoms with Gasteiger partial charge in [-0.3, -0.25) is 9.59 Å². The van der Waals surface area contributed by atoms with Gasteiger partial charge in [0.1, 0.15) is 6.04 Å². The Morgan fingerprint density at radius 2 is 1.48 bits per heavy atom. The number of rotatable bonds is 17. The Balaban J connectivity index is 1.96. The first kappa shape index (κ1) is 25.9. The number of hydrogen-bond donors (Lipinski definition) is 2. The van der Waals surface area contributed by atoms with Crippen molar-refractivity contribution in [1.29, 1.82) is 0 Å². The predicted octanol–water partition coefficient (Wildman–Crippen LogP) is 4.78. The minimum Gasteiger partial charge on any atom is -0.353 e. The second-order valence-electron chi connectivity index (χ2n) is 9.15. The van der Waals surface area contributed by atoms with Crippen LogP contribution < -0.4 is 11.1 Å². The third-order valence-corrected chi connectivity index (χ3v) is 5.99. The van der Waals surface area contributed by atoms with Gasteiger partial charge in [-0.2, -0.15) is 0 Å². The molecule has 1 unspecified atom stereocenters. The lowest BCUT2D eigenvalue weighted by atomic mass is 10.0. The zero-order chi connectivity index (χ0) is 21.3. The fourth-order valence-corrected chi connectivity index (χ4v) is 4.21. The summed E-state index contributed by atoms with van der Waals surface area (Å²) in [6.07, 6.45) is 17.9. The van der Waals surface area contributed by atoms with Gasteiger partial charge < -0.3 is 16.0 Å². The van der Waals surface area contributed by atoms with Gasteiger partial charge in [-0.1, -0.05) is 84.5 Å². The summed E-state index contributed by atoms with van der Waals surface area (Å²) in [6.45, 7) is 6.25. The molecule has 0 aromatic rings. The zero-order valence-electron chi connectivity index (χ0n) is 19.2. The molecule has 0 aliphatic carbocycles. The molecular formula is C24H47N3O2. The van der Waals surface area contributed by atoms with E-state index in [2.05, 4.69) is 19.2 Å². The highest BCUT2D eigenvalue weighted by molar-refractivity contribution is 5.88. The van der Waals surface area contributed by atoms with Gasteiger partial charge in [-0.25, -0.2) is 0 Å². The molecular weight excluding hydrogens is 362 g/mol. The minimum atomic E-state index is -0.278. The quantitative estimate of drug-likeness (QED) is 0.339. The Labute approximate surface area is 179 Å². The zero-order valence-corrected chi connectivity index (χ0v) is 19.2. The molecule has 0 aromatic carbocycles. The number of unbranched alkanes of at least 4 members (excludes halogenated alkanes) is 10. The van der Waals surface area contributed by atoms with Gasteiger partial charge in [-0.15, -0.1) is 0 Å². The number of nitrogens with zero attached hydrogens (tertiary/aromatic N) is 1. The first-order chi connectivity index (χ1) is 14.1. The van der Waals surface area contributed by atoms with Crippen LogP contribution in [0.5, 0.6) is 0 Å². The summed E-state index contributed by atoms with van der Waals surface area (Å²) >= 11 is 0. The highest BCUT2D eigenvalue weighted by Crippen LogP contribution is 2.20. The Morgan fingerprint density at radius 3 is 2.03 bits per heavy atom. The number of carbonyl (C=O) groups excluding carboxylic acids is 2. The van der Waals surface area contributed by atoms with Crippen molar-refractivity contribution in [2.45, 2.75) is 116 Å². The summed E-state index contributed by atoms with van der Waals surface area (Å²) in [5, 5.41) is 2.82. The average Bonchev–Trinajstić information content (AvgIpc) is 3.19. The van der Waals surface area contributed by atoms with E-state index in [-0.39, 0.29) is 17.9 Å². The second-order valence-corrected chi connectivity index (χ2v) is 9.15. The molecule has 1 fully saturated rings. The Morgan fingerprint density at radius 1 is 0.931 bits per heavy atom. The van der Waals surface area contributed by atoms with Crippen LogP contribution in [0.2, 0.25) is 0 Å². The number of nitrogens with one attached hydrogen (secondary N) is 1. The van der Waals surface area contributed by atoms with E-state index in [1.54, 1.807) is 4.90 Å². The van der Waals surface area contributed by atoms with Crippen molar-refractivity contribution in [3.05, 3.63) is 0 Å². The molecule has 2 amide bonds. The Bertz CT molecular complexity index is 440. The summed E-state index contributed by atoms with van der Waals surface area (Å²) in [6, 6.07) is -0.278. The van der Waals surface area contributed by atoms with Crippen LogP contribution in [0.1, 0.15) is 110 Å². The van der Waals surface area contributed by atoms with Crippen LogP contribution in [0, 0.1) is 5.92 Å². The summed E-state index contributed by atoms with van der Waals surface area (Å²) in [7, 11) is 0. The SMILES string of the molecule is CC(C)CCCCCCCCCCCCCC(=O)N1CCCC1C(=O)NCCN. The van der Waals surface area contributed by atoms with Crippen molar-refractivity contribution >= 4 is 11.8 Å². The summed E-state index contributed by atoms with van der Waals surface area (Å²) in [5.41, 5.74) is 5.44. The molecule has 0 spiro atoms. The van der Waals surface area contributed by atoms with Gasteiger partial charge in [0.15, 0.2) is 0 Å². The van der Waals surface area contributed by atoms with Crippen LogP contribution in [-0.2, 0) is 9.59 Å². The van der Waals surface area contributed by atoms with Crippen LogP contribution in [0.3, 0.4) is 0 Å². The lowest BCUT2D eigenvalue weighted by molar-refractivity contribution is -0.138. The van der Waals surface area contributed by atoms with E-state index in [1.807, 2.05) is 0 Å². The number of likely N-dealkylation sites (tertiary alicyclic amines) is 1. The van der Waals surface area contributed by atoms with Gasteiger partial charge >= 0.3 is 0 Å². The molecule has 0 saturated carbocycles. The lowest BCUT2D eigenvalue weighted by Crippen LogP contribution is -2.46. The van der Waals surface area contributed by atoms with Gasteiger partial charge in [0.25, 0.3) is 0 Å². The third kappa shape index (κ3) is 12.2. The second kappa shape index (κ2) is 16.7. The van der Waals surface area contributed by atoms with Crippen molar-refractivity contribution in [3.8, 4) is 0 Å². The number of amides is 2. The molecule has 5 nitrogen and oxygen atoms in total. The summed E-state index contributed by atoms with van der Waals surface area (Å²) in [4.78, 5) is 26.4. The van der Waals surface area contributed by atoms with Crippen molar-refractivity contribution < 1.29 is 9.59 Å². The summed E-state index contributed by atoms with van der Waals surface area (Å²) in [5.74, 6) is 0.956. The predicted molar refractivity (Wildman–Crippen MR) is 122 cm³/mol. The van der Waals surface area contributed by atoms with Crippen molar-refractivity contribution in [2.24, 2.45) is 11.7 Å². The number of nitrogens with two attached hydrogens (primary N) is 1. The van der Waals surface area contributed by atoms with E-state index in [9.17, 15) is 9.59 Å². The molecule has 1 aliphatic heterocycles. The third-order valence-electron chi connectivity index (χ3n) is 5.99. The van der Waals surface area contributed by atoms with Crippen LogP contribution in [0.15, 0.2) is 0 Å². The molecule has 29 heavy (non-hydrogen) atoms. The lowest BCUT2D eigenvalue weighted by Gasteiger charge is -2.24. The smallest absolute Gasteiger partial charge is 0.242 e. The van der Waals surface area contributed by atoms with Crippen LogP contribution in [-0.4, -0.2) is 42.4 Å². The maximum absolute atomic E-state index is 12.5. The van der Waals surface area contributed by atoms with Crippen LogP contribution >= 0.6 is 0 Å². The number of hydrogen-bond acceptors (Lipinski definition) is 3. The minimum absolute atomic E-state index is 0.0405. The Hall–Kier alpha value is -1.10. The molecule has 0 aromatic heterocycles. The molecule has 1 atom stereocenters. The monoisotopic (exact) mass is 409 g/mol. The highest BCUT2D eigenvalue weighted by atomic mass is 16.2. The van der Waals surface area contributed by atoms with E-state index in [1.165, 1.54) is 64.2 Å².